The van der Waals surface area contributed by atoms with Crippen molar-refractivity contribution < 1.29 is 13.9 Å². The van der Waals surface area contributed by atoms with Crippen molar-refractivity contribution in [3.8, 4) is 11.1 Å². The van der Waals surface area contributed by atoms with Gasteiger partial charge in [-0.15, -0.1) is 11.3 Å². The maximum Gasteiger partial charge on any atom is 0.249 e. The van der Waals surface area contributed by atoms with Gasteiger partial charge >= 0.3 is 0 Å². The van der Waals surface area contributed by atoms with Crippen molar-refractivity contribution in [2.75, 3.05) is 31.2 Å². The molecule has 8 heteroatoms. The number of primary amides is 1. The number of morpholine rings is 1. The van der Waals surface area contributed by atoms with Gasteiger partial charge < -0.3 is 19.8 Å². The Morgan fingerprint density at radius 1 is 1.12 bits per heavy atom. The number of carbonyl (C=O) groups excluding carboxylic acids is 1. The highest BCUT2D eigenvalue weighted by atomic mass is 32.1. The van der Waals surface area contributed by atoms with Crippen LogP contribution in [0.25, 0.3) is 21.4 Å². The number of anilines is 1. The second-order valence-corrected chi connectivity index (χ2v) is 9.05. The number of thiophene rings is 1. The summed E-state index contributed by atoms with van der Waals surface area (Å²) in [5, 5.41) is 10.6. The van der Waals surface area contributed by atoms with E-state index in [-0.39, 0.29) is 11.1 Å². The predicted octanol–water partition coefficient (Wildman–Crippen LogP) is 4.18. The minimum absolute atomic E-state index is 0.0594. The van der Waals surface area contributed by atoms with Gasteiger partial charge in [0.1, 0.15) is 4.70 Å². The van der Waals surface area contributed by atoms with E-state index in [1.807, 2.05) is 40.6 Å². The number of amides is 1. The van der Waals surface area contributed by atoms with Crippen LogP contribution in [0.1, 0.15) is 27.0 Å². The summed E-state index contributed by atoms with van der Waals surface area (Å²) in [6, 6.07) is 14.4. The number of nitrogens with two attached hydrogens (primary N) is 1. The molecule has 1 aliphatic rings. The van der Waals surface area contributed by atoms with Crippen LogP contribution >= 0.6 is 11.3 Å². The standard InChI is InChI=1S/C26H23N3O4S/c1-15-3-2-4-18(22(15)26(28)31)23(27)17-7-5-16(6-8-17)19-14-34-25-20(30)13-21(33-24(19)25)29-9-11-32-12-10-29/h2-8,13-14,27H,9-12H2,1H3,(H2,28,31). The van der Waals surface area contributed by atoms with E-state index in [1.165, 1.54) is 11.3 Å². The first-order valence-electron chi connectivity index (χ1n) is 10.9. The van der Waals surface area contributed by atoms with Crippen LogP contribution in [-0.2, 0) is 4.74 Å². The Morgan fingerprint density at radius 2 is 1.85 bits per heavy atom. The summed E-state index contributed by atoms with van der Waals surface area (Å²) in [6.45, 7) is 4.36. The molecular weight excluding hydrogens is 450 g/mol. The highest BCUT2D eigenvalue weighted by molar-refractivity contribution is 7.17. The molecule has 2 aromatic carbocycles. The van der Waals surface area contributed by atoms with Gasteiger partial charge in [-0.2, -0.15) is 0 Å². The Morgan fingerprint density at radius 3 is 2.56 bits per heavy atom. The average molecular weight is 474 g/mol. The summed E-state index contributed by atoms with van der Waals surface area (Å²) >= 11 is 1.36. The fourth-order valence-corrected chi connectivity index (χ4v) is 5.16. The topological polar surface area (TPSA) is 110 Å². The molecule has 172 valence electrons. The normalized spacial score (nSPS) is 13.9. The molecule has 2 aromatic heterocycles. The van der Waals surface area contributed by atoms with Crippen molar-refractivity contribution in [3.05, 3.63) is 86.4 Å². The van der Waals surface area contributed by atoms with Gasteiger partial charge in [0.25, 0.3) is 0 Å². The molecular formula is C26H23N3O4S. The van der Waals surface area contributed by atoms with E-state index in [4.69, 9.17) is 20.3 Å². The van der Waals surface area contributed by atoms with Gasteiger partial charge in [-0.1, -0.05) is 42.5 Å². The molecule has 0 unspecified atom stereocenters. The van der Waals surface area contributed by atoms with Gasteiger partial charge in [0.2, 0.25) is 11.3 Å². The van der Waals surface area contributed by atoms with E-state index in [0.717, 1.165) is 16.7 Å². The zero-order valence-electron chi connectivity index (χ0n) is 18.6. The van der Waals surface area contributed by atoms with Crippen LogP contribution in [0.15, 0.2) is 63.1 Å². The molecule has 34 heavy (non-hydrogen) atoms. The quantitative estimate of drug-likeness (QED) is 0.423. The summed E-state index contributed by atoms with van der Waals surface area (Å²) < 4.78 is 12.2. The summed E-state index contributed by atoms with van der Waals surface area (Å²) in [6.07, 6.45) is 0. The van der Waals surface area contributed by atoms with Gasteiger partial charge in [0.15, 0.2) is 11.5 Å². The van der Waals surface area contributed by atoms with Gasteiger partial charge in [-0.3, -0.25) is 15.0 Å². The van der Waals surface area contributed by atoms with Crippen molar-refractivity contribution in [3.63, 3.8) is 0 Å². The zero-order valence-corrected chi connectivity index (χ0v) is 19.4. The Balaban J connectivity index is 1.51. The number of nitrogens with one attached hydrogen (secondary N) is 1. The van der Waals surface area contributed by atoms with E-state index >= 15 is 0 Å². The highest BCUT2D eigenvalue weighted by Crippen LogP contribution is 2.35. The molecule has 1 fully saturated rings. The van der Waals surface area contributed by atoms with Crippen LogP contribution < -0.4 is 16.1 Å². The number of aryl methyl sites for hydroxylation is 1. The molecule has 0 saturated carbocycles. The lowest BCUT2D eigenvalue weighted by Gasteiger charge is -2.27. The van der Waals surface area contributed by atoms with Gasteiger partial charge in [-0.05, 0) is 18.1 Å². The number of rotatable bonds is 5. The third-order valence-corrected chi connectivity index (χ3v) is 7.00. The van der Waals surface area contributed by atoms with Crippen molar-refractivity contribution >= 4 is 39.1 Å². The second kappa shape index (κ2) is 8.89. The smallest absolute Gasteiger partial charge is 0.249 e. The monoisotopic (exact) mass is 473 g/mol. The molecule has 3 N–H and O–H groups in total. The molecule has 0 bridgehead atoms. The highest BCUT2D eigenvalue weighted by Gasteiger charge is 2.20. The minimum Gasteiger partial charge on any atom is -0.439 e. The Kier molecular flexibility index (Phi) is 5.77. The molecule has 1 saturated heterocycles. The predicted molar refractivity (Wildman–Crippen MR) is 134 cm³/mol. The maximum absolute atomic E-state index is 12.7. The molecule has 0 radical (unpaired) electrons. The van der Waals surface area contributed by atoms with Crippen molar-refractivity contribution in [2.45, 2.75) is 6.92 Å². The summed E-state index contributed by atoms with van der Waals surface area (Å²) in [5.41, 5.74) is 10.3. The first-order valence-corrected chi connectivity index (χ1v) is 11.8. The largest absolute Gasteiger partial charge is 0.439 e. The van der Waals surface area contributed by atoms with E-state index in [2.05, 4.69) is 0 Å². The molecule has 4 aromatic rings. The first-order chi connectivity index (χ1) is 16.4. The average Bonchev–Trinajstić information content (AvgIpc) is 3.28. The zero-order chi connectivity index (χ0) is 23.8. The SMILES string of the molecule is Cc1cccc(C(=N)c2ccc(-c3csc4c(=O)cc(N5CCOCC5)oc34)cc2)c1C(N)=O. The van der Waals surface area contributed by atoms with Crippen molar-refractivity contribution in [1.82, 2.24) is 0 Å². The van der Waals surface area contributed by atoms with Crippen molar-refractivity contribution in [2.24, 2.45) is 5.73 Å². The van der Waals surface area contributed by atoms with Crippen LogP contribution in [0.4, 0.5) is 5.88 Å². The Hall–Kier alpha value is -3.75. The van der Waals surface area contributed by atoms with E-state index in [9.17, 15) is 9.59 Å². The molecule has 0 atom stereocenters. The Bertz CT molecular complexity index is 1460. The second-order valence-electron chi connectivity index (χ2n) is 8.17. The first kappa shape index (κ1) is 22.1. The number of nitrogens with zero attached hydrogens (tertiary/aromatic N) is 1. The molecule has 1 aliphatic heterocycles. The molecule has 7 nitrogen and oxygen atoms in total. The lowest BCUT2D eigenvalue weighted by molar-refractivity contribution is 0.0999. The minimum atomic E-state index is -0.551. The number of hydrogen-bond donors (Lipinski definition) is 2. The van der Waals surface area contributed by atoms with E-state index in [0.29, 0.717) is 59.2 Å². The van der Waals surface area contributed by atoms with Crippen LogP contribution in [0.2, 0.25) is 0 Å². The number of carbonyl (C=O) groups is 1. The lowest BCUT2D eigenvalue weighted by atomic mass is 9.93. The maximum atomic E-state index is 12.7. The number of fused-ring (bicyclic) bond motifs is 1. The summed E-state index contributed by atoms with van der Waals surface area (Å²) in [7, 11) is 0. The van der Waals surface area contributed by atoms with E-state index < -0.39 is 5.91 Å². The lowest BCUT2D eigenvalue weighted by Crippen LogP contribution is -2.36. The van der Waals surface area contributed by atoms with Gasteiger partial charge in [0, 0.05) is 41.2 Å². The van der Waals surface area contributed by atoms with Gasteiger partial charge in [0.05, 0.1) is 24.5 Å². The van der Waals surface area contributed by atoms with Gasteiger partial charge in [-0.25, -0.2) is 0 Å². The van der Waals surface area contributed by atoms with E-state index in [1.54, 1.807) is 25.1 Å². The van der Waals surface area contributed by atoms with Crippen LogP contribution in [-0.4, -0.2) is 37.9 Å². The summed E-state index contributed by atoms with van der Waals surface area (Å²) in [5.74, 6) is 0.00240. The fourth-order valence-electron chi connectivity index (χ4n) is 4.24. The number of benzene rings is 2. The number of ether oxygens (including phenoxy) is 1. The summed E-state index contributed by atoms with van der Waals surface area (Å²) in [4.78, 5) is 26.7. The number of hydrogen-bond acceptors (Lipinski definition) is 7. The molecule has 1 amide bonds. The molecule has 5 rings (SSSR count). The van der Waals surface area contributed by atoms with Crippen LogP contribution in [0.3, 0.4) is 0 Å². The Labute approximate surface area is 199 Å². The van der Waals surface area contributed by atoms with Crippen molar-refractivity contribution in [1.29, 1.82) is 5.41 Å². The van der Waals surface area contributed by atoms with Crippen LogP contribution in [0, 0.1) is 12.3 Å². The van der Waals surface area contributed by atoms with Crippen LogP contribution in [0.5, 0.6) is 0 Å². The molecule has 0 aliphatic carbocycles. The third kappa shape index (κ3) is 3.91. The molecule has 3 heterocycles. The fraction of sp³-hybridized carbons (Fsp3) is 0.192. The molecule has 0 spiro atoms. The third-order valence-electron chi connectivity index (χ3n) is 6.03.